The Morgan fingerprint density at radius 3 is 2.84 bits per heavy atom. The van der Waals surface area contributed by atoms with Crippen molar-refractivity contribution in [3.63, 3.8) is 0 Å². The molecule has 1 saturated carbocycles. The quantitative estimate of drug-likeness (QED) is 0.645. The Morgan fingerprint density at radius 1 is 1.58 bits per heavy atom. The molecule has 6 heteroatoms. The number of pyridine rings is 1. The molecule has 104 valence electrons. The average Bonchev–Trinajstić information content (AvgIpc) is 2.93. The summed E-state index contributed by atoms with van der Waals surface area (Å²) in [7, 11) is 0. The molecule has 1 aromatic rings. The molecule has 0 unspecified atom stereocenters. The Morgan fingerprint density at radius 2 is 2.26 bits per heavy atom. The van der Waals surface area contributed by atoms with E-state index in [-0.39, 0.29) is 23.3 Å². The second kappa shape index (κ2) is 5.97. The highest BCUT2D eigenvalue weighted by molar-refractivity contribution is 5.95. The summed E-state index contributed by atoms with van der Waals surface area (Å²) in [6.07, 6.45) is 5.63. The Kier molecular flexibility index (Phi) is 4.31. The molecule has 19 heavy (non-hydrogen) atoms. The van der Waals surface area contributed by atoms with E-state index in [1.165, 1.54) is 12.3 Å². The van der Waals surface area contributed by atoms with Gasteiger partial charge in [0.25, 0.3) is 5.91 Å². The lowest BCUT2D eigenvalue weighted by Crippen LogP contribution is -2.39. The Hall–Kier alpha value is -1.69. The number of amides is 1. The zero-order chi connectivity index (χ0) is 13.8. The van der Waals surface area contributed by atoms with Gasteiger partial charge in [0, 0.05) is 18.8 Å². The van der Waals surface area contributed by atoms with Gasteiger partial charge in [0.2, 0.25) is 0 Å². The Balaban J connectivity index is 2.26. The van der Waals surface area contributed by atoms with Crippen LogP contribution in [0.25, 0.3) is 0 Å². The number of nitrogens with one attached hydrogen (secondary N) is 1. The summed E-state index contributed by atoms with van der Waals surface area (Å²) in [4.78, 5) is 17.9. The molecule has 1 aromatic heterocycles. The lowest BCUT2D eigenvalue weighted by Gasteiger charge is -2.28. The number of nitrogens with zero attached hydrogens (tertiary/aromatic N) is 2. The maximum absolute atomic E-state index is 14.1. The monoisotopic (exact) mass is 266 g/mol. The van der Waals surface area contributed by atoms with Gasteiger partial charge in [-0.25, -0.2) is 15.2 Å². The first kappa shape index (κ1) is 13.7. The normalized spacial score (nSPS) is 15.5. The van der Waals surface area contributed by atoms with Crippen molar-refractivity contribution in [3.05, 3.63) is 23.6 Å². The number of anilines is 1. The molecule has 1 amide bonds. The summed E-state index contributed by atoms with van der Waals surface area (Å²) in [5.74, 6) is 4.09. The standard InChI is InChI=1S/C13H19FN4O/c1-2-18(9-5-3-4-6-9)13(19)10-7-8-16-12(17-15)11(10)14/h7-9H,2-6,15H2,1H3,(H,16,17). The third-order valence-corrected chi connectivity index (χ3v) is 3.62. The van der Waals surface area contributed by atoms with Crippen LogP contribution in [0.3, 0.4) is 0 Å². The Labute approximate surface area is 112 Å². The molecule has 0 aliphatic heterocycles. The second-order valence-corrected chi connectivity index (χ2v) is 4.69. The molecule has 0 atom stereocenters. The van der Waals surface area contributed by atoms with E-state index in [9.17, 15) is 9.18 Å². The third kappa shape index (κ3) is 2.68. The van der Waals surface area contributed by atoms with Gasteiger partial charge in [-0.3, -0.25) is 4.79 Å². The first-order valence-corrected chi connectivity index (χ1v) is 6.61. The smallest absolute Gasteiger partial charge is 0.257 e. The van der Waals surface area contributed by atoms with Crippen LogP contribution in [0, 0.1) is 5.82 Å². The van der Waals surface area contributed by atoms with Gasteiger partial charge >= 0.3 is 0 Å². The van der Waals surface area contributed by atoms with Crippen LogP contribution in [-0.2, 0) is 0 Å². The van der Waals surface area contributed by atoms with Crippen LogP contribution >= 0.6 is 0 Å². The highest BCUT2D eigenvalue weighted by Gasteiger charge is 2.28. The van der Waals surface area contributed by atoms with Crippen LogP contribution in [0.1, 0.15) is 43.0 Å². The van der Waals surface area contributed by atoms with Crippen molar-refractivity contribution >= 4 is 11.7 Å². The van der Waals surface area contributed by atoms with Crippen molar-refractivity contribution in [1.82, 2.24) is 9.88 Å². The van der Waals surface area contributed by atoms with Crippen molar-refractivity contribution in [2.75, 3.05) is 12.0 Å². The zero-order valence-corrected chi connectivity index (χ0v) is 11.0. The predicted octanol–water partition coefficient (Wildman–Crippen LogP) is 1.91. The van der Waals surface area contributed by atoms with Crippen molar-refractivity contribution in [2.24, 2.45) is 5.84 Å². The fourth-order valence-electron chi connectivity index (χ4n) is 2.65. The van der Waals surface area contributed by atoms with Gasteiger partial charge in [-0.1, -0.05) is 12.8 Å². The van der Waals surface area contributed by atoms with E-state index in [1.807, 2.05) is 6.92 Å². The summed E-state index contributed by atoms with van der Waals surface area (Å²) in [5, 5.41) is 0. The predicted molar refractivity (Wildman–Crippen MR) is 71.0 cm³/mol. The van der Waals surface area contributed by atoms with Crippen LogP contribution in [0.5, 0.6) is 0 Å². The van der Waals surface area contributed by atoms with E-state index < -0.39 is 5.82 Å². The average molecular weight is 266 g/mol. The minimum atomic E-state index is -0.688. The maximum atomic E-state index is 14.1. The third-order valence-electron chi connectivity index (χ3n) is 3.62. The van der Waals surface area contributed by atoms with Crippen molar-refractivity contribution < 1.29 is 9.18 Å². The minimum absolute atomic E-state index is 0.0247. The molecule has 5 nitrogen and oxygen atoms in total. The first-order valence-electron chi connectivity index (χ1n) is 6.61. The number of carbonyl (C=O) groups is 1. The number of halogens is 1. The van der Waals surface area contributed by atoms with Crippen molar-refractivity contribution in [3.8, 4) is 0 Å². The molecule has 0 aromatic carbocycles. The van der Waals surface area contributed by atoms with E-state index in [0.717, 1.165) is 25.7 Å². The summed E-state index contributed by atoms with van der Waals surface area (Å²) in [5.41, 5.74) is 2.18. The molecule has 0 radical (unpaired) electrons. The molecular weight excluding hydrogens is 247 g/mol. The highest BCUT2D eigenvalue weighted by Crippen LogP contribution is 2.26. The van der Waals surface area contributed by atoms with Gasteiger partial charge in [0.1, 0.15) is 0 Å². The number of carbonyl (C=O) groups excluding carboxylic acids is 1. The lowest BCUT2D eigenvalue weighted by atomic mass is 10.1. The molecule has 1 aliphatic carbocycles. The molecule has 1 aliphatic rings. The topological polar surface area (TPSA) is 71.2 Å². The van der Waals surface area contributed by atoms with Crippen LogP contribution in [-0.4, -0.2) is 28.4 Å². The summed E-state index contributed by atoms with van der Waals surface area (Å²) in [6, 6.07) is 1.62. The molecule has 0 spiro atoms. The molecule has 2 rings (SSSR count). The second-order valence-electron chi connectivity index (χ2n) is 4.69. The molecule has 1 fully saturated rings. The number of nitrogen functional groups attached to an aromatic ring is 1. The Bertz CT molecular complexity index is 460. The number of nitrogens with two attached hydrogens (primary N) is 1. The van der Waals surface area contributed by atoms with Crippen LogP contribution in [0.4, 0.5) is 10.2 Å². The van der Waals surface area contributed by atoms with Crippen LogP contribution in [0.15, 0.2) is 12.3 Å². The van der Waals surface area contributed by atoms with Gasteiger partial charge < -0.3 is 10.3 Å². The number of hydrazine groups is 1. The van der Waals surface area contributed by atoms with Gasteiger partial charge in [0.05, 0.1) is 5.56 Å². The van der Waals surface area contributed by atoms with Crippen LogP contribution < -0.4 is 11.3 Å². The molecule has 1 heterocycles. The summed E-state index contributed by atoms with van der Waals surface area (Å²) < 4.78 is 14.1. The maximum Gasteiger partial charge on any atom is 0.257 e. The van der Waals surface area contributed by atoms with Gasteiger partial charge in [-0.2, -0.15) is 0 Å². The van der Waals surface area contributed by atoms with Gasteiger partial charge in [0.15, 0.2) is 11.6 Å². The number of hydrogen-bond donors (Lipinski definition) is 2. The van der Waals surface area contributed by atoms with E-state index in [0.29, 0.717) is 6.54 Å². The SMILES string of the molecule is CCN(C(=O)c1ccnc(NN)c1F)C1CCCC1. The first-order chi connectivity index (χ1) is 9.19. The lowest BCUT2D eigenvalue weighted by molar-refractivity contribution is 0.0688. The van der Waals surface area contributed by atoms with E-state index >= 15 is 0 Å². The van der Waals surface area contributed by atoms with Gasteiger partial charge in [-0.05, 0) is 25.8 Å². The molecular formula is C13H19FN4O. The van der Waals surface area contributed by atoms with E-state index in [1.54, 1.807) is 4.90 Å². The summed E-state index contributed by atoms with van der Waals surface area (Å²) >= 11 is 0. The zero-order valence-electron chi connectivity index (χ0n) is 11.0. The highest BCUT2D eigenvalue weighted by atomic mass is 19.1. The van der Waals surface area contributed by atoms with Gasteiger partial charge in [-0.15, -0.1) is 0 Å². The molecule has 0 bridgehead atoms. The number of rotatable bonds is 4. The minimum Gasteiger partial charge on any atom is -0.336 e. The largest absolute Gasteiger partial charge is 0.336 e. The summed E-state index contributed by atoms with van der Waals surface area (Å²) in [6.45, 7) is 2.49. The molecule has 3 N–H and O–H groups in total. The number of aromatic nitrogens is 1. The van der Waals surface area contributed by atoms with Crippen molar-refractivity contribution in [1.29, 1.82) is 0 Å². The fourth-order valence-corrected chi connectivity index (χ4v) is 2.65. The van der Waals surface area contributed by atoms with E-state index in [2.05, 4.69) is 10.4 Å². The van der Waals surface area contributed by atoms with Crippen molar-refractivity contribution in [2.45, 2.75) is 38.6 Å². The molecule has 0 saturated heterocycles. The van der Waals surface area contributed by atoms with Crippen LogP contribution in [0.2, 0.25) is 0 Å². The fraction of sp³-hybridized carbons (Fsp3) is 0.538. The number of hydrogen-bond acceptors (Lipinski definition) is 4. The van der Waals surface area contributed by atoms with E-state index in [4.69, 9.17) is 5.84 Å².